The number of hydrogen-bond acceptors (Lipinski definition) is 4. The van der Waals surface area contributed by atoms with Crippen molar-refractivity contribution < 1.29 is 9.53 Å². The van der Waals surface area contributed by atoms with Crippen molar-refractivity contribution in [3.63, 3.8) is 0 Å². The maximum atomic E-state index is 12.8. The monoisotopic (exact) mass is 365 g/mol. The van der Waals surface area contributed by atoms with Crippen molar-refractivity contribution in [2.45, 2.75) is 25.8 Å². The standard InChI is InChI=1S/C22H27N3O2/c1-27-19-7-4-6-18(14-19)15-24-12-5-9-22(16-24)10-13-25(17-22)21(26)20-8-2-3-11-23-20/h2-4,6-8,11,14H,5,9-10,12-13,15-17H2,1H3/t22-/m1/s1. The SMILES string of the molecule is COc1cccc(CN2CCC[C@@]3(CCN(C(=O)c4ccccn4)C3)C2)c1. The number of carbonyl (C=O) groups excluding carboxylic acids is 1. The Kier molecular flexibility index (Phi) is 5.12. The van der Waals surface area contributed by atoms with Crippen molar-refractivity contribution in [1.82, 2.24) is 14.8 Å². The molecule has 2 aliphatic heterocycles. The smallest absolute Gasteiger partial charge is 0.272 e. The van der Waals surface area contributed by atoms with Crippen molar-refractivity contribution in [2.24, 2.45) is 5.41 Å². The summed E-state index contributed by atoms with van der Waals surface area (Å²) in [6.07, 6.45) is 5.17. The zero-order chi connectivity index (χ0) is 18.7. The first-order chi connectivity index (χ1) is 13.2. The third-order valence-corrected chi connectivity index (χ3v) is 5.89. The third kappa shape index (κ3) is 3.98. The molecular formula is C22H27N3O2. The van der Waals surface area contributed by atoms with Gasteiger partial charge in [-0.15, -0.1) is 0 Å². The number of benzene rings is 1. The molecule has 142 valence electrons. The first kappa shape index (κ1) is 18.0. The highest BCUT2D eigenvalue weighted by Crippen LogP contribution is 2.39. The number of aromatic nitrogens is 1. The van der Waals surface area contributed by atoms with E-state index in [1.54, 1.807) is 13.3 Å². The van der Waals surface area contributed by atoms with Gasteiger partial charge in [0.05, 0.1) is 7.11 Å². The van der Waals surface area contributed by atoms with Gasteiger partial charge in [0.2, 0.25) is 0 Å². The molecule has 0 unspecified atom stereocenters. The lowest BCUT2D eigenvalue weighted by atomic mass is 9.79. The molecule has 4 rings (SSSR count). The van der Waals surface area contributed by atoms with Crippen LogP contribution in [0.1, 0.15) is 35.3 Å². The fraction of sp³-hybridized carbons (Fsp3) is 0.455. The molecule has 1 aromatic carbocycles. The number of methoxy groups -OCH3 is 1. The summed E-state index contributed by atoms with van der Waals surface area (Å²) in [4.78, 5) is 21.5. The van der Waals surface area contributed by atoms with Crippen LogP contribution in [0.15, 0.2) is 48.7 Å². The van der Waals surface area contributed by atoms with Crippen LogP contribution in [0.2, 0.25) is 0 Å². The minimum atomic E-state index is 0.0670. The summed E-state index contributed by atoms with van der Waals surface area (Å²) in [6.45, 7) is 4.79. The van der Waals surface area contributed by atoms with E-state index >= 15 is 0 Å². The van der Waals surface area contributed by atoms with Crippen LogP contribution in [-0.4, -0.2) is 54.0 Å². The number of likely N-dealkylation sites (tertiary alicyclic amines) is 2. The molecule has 5 heteroatoms. The molecule has 1 spiro atoms. The molecule has 1 amide bonds. The van der Waals surface area contributed by atoms with Crippen molar-refractivity contribution in [3.05, 3.63) is 59.9 Å². The maximum absolute atomic E-state index is 12.8. The normalized spacial score (nSPS) is 22.9. The molecular weight excluding hydrogens is 338 g/mol. The summed E-state index contributed by atoms with van der Waals surface area (Å²) < 4.78 is 5.35. The van der Waals surface area contributed by atoms with Gasteiger partial charge in [-0.25, -0.2) is 0 Å². The molecule has 0 N–H and O–H groups in total. The predicted molar refractivity (Wildman–Crippen MR) is 105 cm³/mol. The van der Waals surface area contributed by atoms with Crippen molar-refractivity contribution in [2.75, 3.05) is 33.3 Å². The Morgan fingerprint density at radius 2 is 2.07 bits per heavy atom. The van der Waals surface area contributed by atoms with Crippen LogP contribution in [0.25, 0.3) is 0 Å². The molecule has 1 aromatic heterocycles. The number of hydrogen-bond donors (Lipinski definition) is 0. The largest absolute Gasteiger partial charge is 0.497 e. The number of amides is 1. The molecule has 0 radical (unpaired) electrons. The molecule has 3 heterocycles. The maximum Gasteiger partial charge on any atom is 0.272 e. The predicted octanol–water partition coefficient (Wildman–Crippen LogP) is 3.22. The van der Waals surface area contributed by atoms with Gasteiger partial charge in [0.25, 0.3) is 5.91 Å². The van der Waals surface area contributed by atoms with E-state index in [9.17, 15) is 4.79 Å². The highest BCUT2D eigenvalue weighted by molar-refractivity contribution is 5.92. The lowest BCUT2D eigenvalue weighted by Gasteiger charge is -2.40. The second kappa shape index (κ2) is 7.69. The van der Waals surface area contributed by atoms with Crippen LogP contribution in [0.5, 0.6) is 5.75 Å². The topological polar surface area (TPSA) is 45.7 Å². The summed E-state index contributed by atoms with van der Waals surface area (Å²) in [7, 11) is 1.71. The molecule has 2 aliphatic rings. The quantitative estimate of drug-likeness (QED) is 0.835. The van der Waals surface area contributed by atoms with E-state index in [-0.39, 0.29) is 11.3 Å². The molecule has 0 bridgehead atoms. The number of ether oxygens (including phenoxy) is 1. The fourth-order valence-electron chi connectivity index (χ4n) is 4.57. The highest BCUT2D eigenvalue weighted by Gasteiger charge is 2.43. The first-order valence-electron chi connectivity index (χ1n) is 9.73. The lowest BCUT2D eigenvalue weighted by molar-refractivity contribution is 0.0671. The Hall–Kier alpha value is -2.40. The van der Waals surface area contributed by atoms with Gasteiger partial charge in [-0.05, 0) is 55.6 Å². The van der Waals surface area contributed by atoms with E-state index in [1.165, 1.54) is 18.4 Å². The summed E-state index contributed by atoms with van der Waals surface area (Å²) in [5.74, 6) is 0.976. The van der Waals surface area contributed by atoms with Gasteiger partial charge in [-0.2, -0.15) is 0 Å². The average molecular weight is 365 g/mol. The van der Waals surface area contributed by atoms with Crippen LogP contribution >= 0.6 is 0 Å². The third-order valence-electron chi connectivity index (χ3n) is 5.89. The first-order valence-corrected chi connectivity index (χ1v) is 9.73. The molecule has 0 aliphatic carbocycles. The van der Waals surface area contributed by atoms with Gasteiger partial charge in [0, 0.05) is 37.8 Å². The van der Waals surface area contributed by atoms with Gasteiger partial charge < -0.3 is 9.64 Å². The molecule has 2 saturated heterocycles. The molecule has 5 nitrogen and oxygen atoms in total. The molecule has 1 atom stereocenters. The molecule has 0 saturated carbocycles. The zero-order valence-electron chi connectivity index (χ0n) is 15.9. The van der Waals surface area contributed by atoms with Crippen molar-refractivity contribution in [3.8, 4) is 5.75 Å². The number of piperidine rings is 1. The molecule has 2 aromatic rings. The van der Waals surface area contributed by atoms with Crippen LogP contribution in [0.3, 0.4) is 0 Å². The summed E-state index contributed by atoms with van der Waals surface area (Å²) in [5.41, 5.74) is 2.06. The van der Waals surface area contributed by atoms with E-state index in [0.717, 1.165) is 44.9 Å². The van der Waals surface area contributed by atoms with E-state index in [2.05, 4.69) is 28.1 Å². The molecule has 2 fully saturated rings. The summed E-state index contributed by atoms with van der Waals surface area (Å²) in [6, 6.07) is 13.9. The van der Waals surface area contributed by atoms with Crippen LogP contribution in [0, 0.1) is 5.41 Å². The Labute approximate surface area is 161 Å². The summed E-state index contributed by atoms with van der Waals surface area (Å²) >= 11 is 0. The van der Waals surface area contributed by atoms with Crippen LogP contribution in [-0.2, 0) is 6.54 Å². The number of rotatable bonds is 4. The van der Waals surface area contributed by atoms with Gasteiger partial charge >= 0.3 is 0 Å². The number of carbonyl (C=O) groups is 1. The van der Waals surface area contributed by atoms with Gasteiger partial charge in [0.1, 0.15) is 11.4 Å². The van der Waals surface area contributed by atoms with Gasteiger partial charge in [-0.3, -0.25) is 14.7 Å². The lowest BCUT2D eigenvalue weighted by Crippen LogP contribution is -2.45. The minimum absolute atomic E-state index is 0.0670. The number of nitrogens with zero attached hydrogens (tertiary/aromatic N) is 3. The van der Waals surface area contributed by atoms with Gasteiger partial charge in [-0.1, -0.05) is 18.2 Å². The van der Waals surface area contributed by atoms with Crippen LogP contribution in [0.4, 0.5) is 0 Å². The minimum Gasteiger partial charge on any atom is -0.497 e. The Morgan fingerprint density at radius 1 is 1.15 bits per heavy atom. The van der Waals surface area contributed by atoms with Crippen molar-refractivity contribution >= 4 is 5.91 Å². The second-order valence-corrected chi connectivity index (χ2v) is 7.86. The van der Waals surface area contributed by atoms with E-state index in [4.69, 9.17) is 4.74 Å². The average Bonchev–Trinajstić information content (AvgIpc) is 3.11. The van der Waals surface area contributed by atoms with Gasteiger partial charge in [0.15, 0.2) is 0 Å². The Bertz CT molecular complexity index is 795. The van der Waals surface area contributed by atoms with E-state index < -0.39 is 0 Å². The fourth-order valence-corrected chi connectivity index (χ4v) is 4.57. The van der Waals surface area contributed by atoms with Crippen molar-refractivity contribution in [1.29, 1.82) is 0 Å². The Morgan fingerprint density at radius 3 is 2.89 bits per heavy atom. The summed E-state index contributed by atoms with van der Waals surface area (Å²) in [5, 5.41) is 0. The van der Waals surface area contributed by atoms with Crippen LogP contribution < -0.4 is 4.74 Å². The number of pyridine rings is 1. The second-order valence-electron chi connectivity index (χ2n) is 7.86. The Balaban J connectivity index is 1.41. The van der Waals surface area contributed by atoms with E-state index in [0.29, 0.717) is 5.69 Å². The van der Waals surface area contributed by atoms with E-state index in [1.807, 2.05) is 29.2 Å². The highest BCUT2D eigenvalue weighted by atomic mass is 16.5. The molecule has 27 heavy (non-hydrogen) atoms. The zero-order valence-corrected chi connectivity index (χ0v) is 15.9.